The first-order valence-corrected chi connectivity index (χ1v) is 4.96. The first-order chi connectivity index (χ1) is 5.15. The molecule has 0 aliphatic carbocycles. The van der Waals surface area contributed by atoms with Crippen molar-refractivity contribution in [3.8, 4) is 0 Å². The Hall–Kier alpha value is -0.0100. The van der Waals surface area contributed by atoms with Crippen molar-refractivity contribution in [1.29, 1.82) is 0 Å². The summed E-state index contributed by atoms with van der Waals surface area (Å²) in [6, 6.07) is 4.20. The summed E-state index contributed by atoms with van der Waals surface area (Å²) in [6.07, 6.45) is 0. The highest BCUT2D eigenvalue weighted by Crippen LogP contribution is 2.22. The maximum Gasteiger partial charge on any atom is 0.0464 e. The van der Waals surface area contributed by atoms with Crippen LogP contribution >= 0.6 is 27.5 Å². The number of hydrogen-bond acceptors (Lipinski definition) is 0. The Morgan fingerprint density at radius 2 is 1.73 bits per heavy atom. The number of aryl methyl sites for hydroxylation is 2. The summed E-state index contributed by atoms with van der Waals surface area (Å²) >= 11 is 9.40. The first kappa shape index (κ1) is 9.08. The predicted molar refractivity (Wildman–Crippen MR) is 53.6 cm³/mol. The van der Waals surface area contributed by atoms with Gasteiger partial charge in [0.05, 0.1) is 0 Å². The Kier molecular flexibility index (Phi) is 2.97. The van der Waals surface area contributed by atoms with Crippen molar-refractivity contribution in [2.24, 2.45) is 0 Å². The van der Waals surface area contributed by atoms with Crippen LogP contribution in [0.1, 0.15) is 16.7 Å². The van der Waals surface area contributed by atoms with Crippen LogP contribution < -0.4 is 0 Å². The van der Waals surface area contributed by atoms with Crippen LogP contribution in [0.25, 0.3) is 0 Å². The molecule has 11 heavy (non-hydrogen) atoms. The van der Waals surface area contributed by atoms with Gasteiger partial charge in [-0.25, -0.2) is 0 Å². The van der Waals surface area contributed by atoms with Gasteiger partial charge in [0.15, 0.2) is 0 Å². The van der Waals surface area contributed by atoms with Crippen molar-refractivity contribution in [2.45, 2.75) is 19.2 Å². The molecule has 0 amide bonds. The highest BCUT2D eigenvalue weighted by atomic mass is 79.9. The van der Waals surface area contributed by atoms with Gasteiger partial charge < -0.3 is 0 Å². The van der Waals surface area contributed by atoms with E-state index in [1.807, 2.05) is 13.8 Å². The molecule has 1 aromatic carbocycles. The minimum Gasteiger partial charge on any atom is -0.0876 e. The molecule has 0 atom stereocenters. The van der Waals surface area contributed by atoms with Crippen LogP contribution in [-0.2, 0) is 5.33 Å². The quantitative estimate of drug-likeness (QED) is 0.646. The van der Waals surface area contributed by atoms with Crippen molar-refractivity contribution >= 4 is 27.5 Å². The van der Waals surface area contributed by atoms with E-state index in [1.54, 1.807) is 0 Å². The topological polar surface area (TPSA) is 0 Å². The third-order valence-corrected chi connectivity index (χ3v) is 2.89. The normalized spacial score (nSPS) is 10.2. The fourth-order valence-electron chi connectivity index (χ4n) is 1.11. The number of alkyl halides is 1. The third kappa shape index (κ3) is 1.97. The van der Waals surface area contributed by atoms with Gasteiger partial charge in [0.25, 0.3) is 0 Å². The lowest BCUT2D eigenvalue weighted by Crippen LogP contribution is -1.85. The lowest BCUT2D eigenvalue weighted by Gasteiger charge is -2.04. The molecular weight excluding hydrogens is 223 g/mol. The predicted octanol–water partition coefficient (Wildman–Crippen LogP) is 3.85. The Morgan fingerprint density at radius 3 is 2.09 bits per heavy atom. The molecule has 0 aromatic heterocycles. The van der Waals surface area contributed by atoms with Gasteiger partial charge in [-0.2, -0.15) is 0 Å². The molecule has 1 rings (SSSR count). The Morgan fingerprint density at radius 1 is 1.27 bits per heavy atom. The maximum absolute atomic E-state index is 5.99. The Bertz CT molecular complexity index is 245. The van der Waals surface area contributed by atoms with E-state index in [2.05, 4.69) is 28.1 Å². The molecule has 0 heterocycles. The van der Waals surface area contributed by atoms with E-state index in [0.29, 0.717) is 0 Å². The zero-order valence-electron chi connectivity index (χ0n) is 6.62. The van der Waals surface area contributed by atoms with E-state index in [4.69, 9.17) is 11.6 Å². The zero-order valence-corrected chi connectivity index (χ0v) is 8.96. The highest BCUT2D eigenvalue weighted by molar-refractivity contribution is 9.08. The second kappa shape index (κ2) is 3.59. The molecule has 0 bridgehead atoms. The van der Waals surface area contributed by atoms with Gasteiger partial charge in [-0.05, 0) is 30.5 Å². The van der Waals surface area contributed by atoms with Crippen molar-refractivity contribution < 1.29 is 0 Å². The summed E-state index contributed by atoms with van der Waals surface area (Å²) in [5, 5.41) is 1.78. The van der Waals surface area contributed by atoms with Gasteiger partial charge in [-0.15, -0.1) is 0 Å². The molecular formula is C9H10BrCl. The van der Waals surface area contributed by atoms with E-state index >= 15 is 0 Å². The molecule has 0 N–H and O–H groups in total. The summed E-state index contributed by atoms with van der Waals surface area (Å²) in [5.41, 5.74) is 3.59. The molecule has 0 aliphatic rings. The van der Waals surface area contributed by atoms with Crippen molar-refractivity contribution in [1.82, 2.24) is 0 Å². The lowest BCUT2D eigenvalue weighted by atomic mass is 10.1. The van der Waals surface area contributed by atoms with E-state index in [-0.39, 0.29) is 0 Å². The first-order valence-electron chi connectivity index (χ1n) is 3.46. The van der Waals surface area contributed by atoms with E-state index in [0.717, 1.165) is 21.5 Å². The van der Waals surface area contributed by atoms with Crippen molar-refractivity contribution in [3.05, 3.63) is 33.8 Å². The fourth-order valence-corrected chi connectivity index (χ4v) is 1.55. The molecule has 0 spiro atoms. The van der Waals surface area contributed by atoms with Crippen LogP contribution in [0, 0.1) is 13.8 Å². The lowest BCUT2D eigenvalue weighted by molar-refractivity contribution is 1.31. The van der Waals surface area contributed by atoms with E-state index in [1.165, 1.54) is 5.56 Å². The van der Waals surface area contributed by atoms with Gasteiger partial charge in [0.1, 0.15) is 0 Å². The average molecular weight is 234 g/mol. The SMILES string of the molecule is Cc1cc(CBr)cc(C)c1Cl. The van der Waals surface area contributed by atoms with Crippen molar-refractivity contribution in [2.75, 3.05) is 0 Å². The van der Waals surface area contributed by atoms with Crippen LogP contribution in [0.4, 0.5) is 0 Å². The molecule has 60 valence electrons. The van der Waals surface area contributed by atoms with Gasteiger partial charge in [-0.1, -0.05) is 39.7 Å². The second-order valence-corrected chi connectivity index (χ2v) is 3.62. The molecule has 0 nitrogen and oxygen atoms in total. The zero-order chi connectivity index (χ0) is 8.43. The van der Waals surface area contributed by atoms with Crippen LogP contribution in [-0.4, -0.2) is 0 Å². The summed E-state index contributed by atoms with van der Waals surface area (Å²) in [6.45, 7) is 4.06. The van der Waals surface area contributed by atoms with Crippen LogP contribution in [0.3, 0.4) is 0 Å². The third-order valence-electron chi connectivity index (χ3n) is 1.65. The van der Waals surface area contributed by atoms with E-state index < -0.39 is 0 Å². The molecule has 0 radical (unpaired) electrons. The summed E-state index contributed by atoms with van der Waals surface area (Å²) < 4.78 is 0. The van der Waals surface area contributed by atoms with Gasteiger partial charge >= 0.3 is 0 Å². The molecule has 1 aromatic rings. The van der Waals surface area contributed by atoms with E-state index in [9.17, 15) is 0 Å². The largest absolute Gasteiger partial charge is 0.0876 e. The standard InChI is InChI=1S/C9H10BrCl/c1-6-3-8(5-10)4-7(2)9(6)11/h3-4H,5H2,1-2H3. The average Bonchev–Trinajstić information content (AvgIpc) is 1.99. The summed E-state index contributed by atoms with van der Waals surface area (Å²) in [5.74, 6) is 0. The van der Waals surface area contributed by atoms with Crippen LogP contribution in [0.2, 0.25) is 5.02 Å². The number of rotatable bonds is 1. The number of halogens is 2. The van der Waals surface area contributed by atoms with Crippen molar-refractivity contribution in [3.63, 3.8) is 0 Å². The fraction of sp³-hybridized carbons (Fsp3) is 0.333. The molecule has 0 aliphatic heterocycles. The monoisotopic (exact) mass is 232 g/mol. The molecule has 0 unspecified atom stereocenters. The second-order valence-electron chi connectivity index (χ2n) is 2.68. The van der Waals surface area contributed by atoms with Gasteiger partial charge in [0, 0.05) is 10.4 Å². The smallest absolute Gasteiger partial charge is 0.0464 e. The minimum absolute atomic E-state index is 0.884. The molecule has 0 saturated carbocycles. The van der Waals surface area contributed by atoms with Crippen LogP contribution in [0.5, 0.6) is 0 Å². The summed E-state index contributed by atoms with van der Waals surface area (Å²) in [7, 11) is 0. The Labute approximate surface area is 80.7 Å². The molecule has 0 saturated heterocycles. The number of hydrogen-bond donors (Lipinski definition) is 0. The Balaban J connectivity index is 3.21. The molecule has 0 fully saturated rings. The highest BCUT2D eigenvalue weighted by Gasteiger charge is 2.00. The van der Waals surface area contributed by atoms with Gasteiger partial charge in [0.2, 0.25) is 0 Å². The minimum atomic E-state index is 0.884. The van der Waals surface area contributed by atoms with Gasteiger partial charge in [-0.3, -0.25) is 0 Å². The van der Waals surface area contributed by atoms with Crippen LogP contribution in [0.15, 0.2) is 12.1 Å². The maximum atomic E-state index is 5.99. The summed E-state index contributed by atoms with van der Waals surface area (Å²) in [4.78, 5) is 0. The number of benzene rings is 1. The molecule has 2 heteroatoms.